The van der Waals surface area contributed by atoms with Crippen LogP contribution in [0.3, 0.4) is 0 Å². The maximum absolute atomic E-state index is 11.2. The number of aliphatic carboxylic acids is 1. The van der Waals surface area contributed by atoms with Gasteiger partial charge in [0.2, 0.25) is 0 Å². The smallest absolute Gasteiger partial charge is 0.307 e. The monoisotopic (exact) mass is 488 g/mol. The SMILES string of the molecule is Cc1cc(OCc2cccc(-c3ccc(N4CCC(S)CC4)nc3C)c2)ccc1[C@H]1C[C@@H]1C(=O)O. The average Bonchev–Trinajstić information content (AvgIpc) is 3.64. The molecule has 182 valence electrons. The highest BCUT2D eigenvalue weighted by Crippen LogP contribution is 2.49. The largest absolute Gasteiger partial charge is 0.489 e. The zero-order valence-electron chi connectivity index (χ0n) is 20.3. The number of carboxylic acid groups (broad SMARTS) is 1. The van der Waals surface area contributed by atoms with Gasteiger partial charge < -0.3 is 14.7 Å². The van der Waals surface area contributed by atoms with Gasteiger partial charge in [0.05, 0.1) is 5.92 Å². The van der Waals surface area contributed by atoms with Gasteiger partial charge in [-0.25, -0.2) is 4.98 Å². The number of thiol groups is 1. The Bertz CT molecular complexity index is 1240. The maximum atomic E-state index is 11.2. The normalized spacial score (nSPS) is 20.0. The molecule has 1 saturated carbocycles. The van der Waals surface area contributed by atoms with Gasteiger partial charge in [-0.1, -0.05) is 24.3 Å². The molecule has 2 atom stereocenters. The molecule has 1 aromatic heterocycles. The van der Waals surface area contributed by atoms with Gasteiger partial charge in [0, 0.05) is 29.6 Å². The van der Waals surface area contributed by atoms with E-state index in [2.05, 4.69) is 60.9 Å². The lowest BCUT2D eigenvalue weighted by Gasteiger charge is -2.31. The number of benzene rings is 2. The molecule has 6 heteroatoms. The zero-order chi connectivity index (χ0) is 24.5. The molecule has 2 aliphatic rings. The standard InChI is InChI=1S/C29H32N2O3S/c1-18-14-22(6-7-24(18)26-16-27(26)29(32)33)34-17-20-4-3-5-21(15-20)25-8-9-28(30-19(25)2)31-12-10-23(35)11-13-31/h3-9,14-15,23,26-27,35H,10-13,16-17H2,1-2H3,(H,32,33)/t26-,27+/m1/s1. The van der Waals surface area contributed by atoms with Crippen LogP contribution >= 0.6 is 12.6 Å². The number of ether oxygens (including phenoxy) is 1. The van der Waals surface area contributed by atoms with E-state index in [0.717, 1.165) is 77.4 Å². The van der Waals surface area contributed by atoms with E-state index in [-0.39, 0.29) is 11.8 Å². The van der Waals surface area contributed by atoms with E-state index >= 15 is 0 Å². The molecule has 0 amide bonds. The van der Waals surface area contributed by atoms with Gasteiger partial charge in [0.15, 0.2) is 0 Å². The average molecular weight is 489 g/mol. The lowest BCUT2D eigenvalue weighted by atomic mass is 10.0. The molecule has 1 saturated heterocycles. The quantitative estimate of drug-likeness (QED) is 0.398. The topological polar surface area (TPSA) is 62.7 Å². The Morgan fingerprint density at radius 3 is 2.60 bits per heavy atom. The van der Waals surface area contributed by atoms with Crippen LogP contribution in [0.15, 0.2) is 54.6 Å². The van der Waals surface area contributed by atoms with Crippen LogP contribution in [-0.4, -0.2) is 34.4 Å². The number of aromatic nitrogens is 1. The molecule has 0 spiro atoms. The van der Waals surface area contributed by atoms with Gasteiger partial charge in [0.1, 0.15) is 18.2 Å². The predicted molar refractivity (Wildman–Crippen MR) is 143 cm³/mol. The van der Waals surface area contributed by atoms with Gasteiger partial charge in [-0.2, -0.15) is 12.6 Å². The third-order valence-electron chi connectivity index (χ3n) is 7.25. The molecule has 5 rings (SSSR count). The summed E-state index contributed by atoms with van der Waals surface area (Å²) in [5.74, 6) is 1.04. The van der Waals surface area contributed by atoms with Crippen LogP contribution in [0.1, 0.15) is 47.6 Å². The molecule has 0 radical (unpaired) electrons. The van der Waals surface area contributed by atoms with Crippen LogP contribution in [0, 0.1) is 19.8 Å². The summed E-state index contributed by atoms with van der Waals surface area (Å²) in [4.78, 5) is 18.5. The molecule has 5 nitrogen and oxygen atoms in total. The Morgan fingerprint density at radius 1 is 1.11 bits per heavy atom. The van der Waals surface area contributed by atoms with Crippen molar-refractivity contribution in [3.8, 4) is 16.9 Å². The number of aryl methyl sites for hydroxylation is 2. The van der Waals surface area contributed by atoms with Crippen molar-refractivity contribution in [1.29, 1.82) is 0 Å². The van der Waals surface area contributed by atoms with E-state index in [1.807, 2.05) is 25.1 Å². The van der Waals surface area contributed by atoms with Crippen LogP contribution in [0.25, 0.3) is 11.1 Å². The summed E-state index contributed by atoms with van der Waals surface area (Å²) >= 11 is 4.60. The lowest BCUT2D eigenvalue weighted by molar-refractivity contribution is -0.138. The van der Waals surface area contributed by atoms with E-state index in [0.29, 0.717) is 11.9 Å². The number of hydrogen-bond acceptors (Lipinski definition) is 5. The van der Waals surface area contributed by atoms with Crippen molar-refractivity contribution in [2.24, 2.45) is 5.92 Å². The molecule has 0 bridgehead atoms. The maximum Gasteiger partial charge on any atom is 0.307 e. The van der Waals surface area contributed by atoms with Gasteiger partial charge in [-0.05, 0) is 91.6 Å². The summed E-state index contributed by atoms with van der Waals surface area (Å²) in [5, 5.41) is 9.71. The van der Waals surface area contributed by atoms with E-state index in [4.69, 9.17) is 9.72 Å². The Labute approximate surface area is 212 Å². The number of anilines is 1. The number of carbonyl (C=O) groups is 1. The molecule has 0 unspecified atom stereocenters. The minimum absolute atomic E-state index is 0.135. The summed E-state index contributed by atoms with van der Waals surface area (Å²) in [6, 6.07) is 18.7. The summed E-state index contributed by atoms with van der Waals surface area (Å²) in [6.45, 7) is 6.59. The van der Waals surface area contributed by atoms with Gasteiger partial charge in [-0.15, -0.1) is 0 Å². The first-order valence-electron chi connectivity index (χ1n) is 12.3. The van der Waals surface area contributed by atoms with Crippen LogP contribution in [0.4, 0.5) is 5.82 Å². The van der Waals surface area contributed by atoms with E-state index < -0.39 is 5.97 Å². The van der Waals surface area contributed by atoms with E-state index in [9.17, 15) is 9.90 Å². The molecule has 3 aromatic rings. The number of rotatable bonds is 7. The first kappa shape index (κ1) is 23.7. The first-order chi connectivity index (χ1) is 16.9. The fourth-order valence-corrected chi connectivity index (χ4v) is 5.32. The van der Waals surface area contributed by atoms with Crippen LogP contribution in [-0.2, 0) is 11.4 Å². The van der Waals surface area contributed by atoms with Crippen LogP contribution in [0.5, 0.6) is 5.75 Å². The van der Waals surface area contributed by atoms with Crippen molar-refractivity contribution in [1.82, 2.24) is 4.98 Å². The molecule has 2 heterocycles. The Kier molecular flexibility index (Phi) is 6.74. The minimum Gasteiger partial charge on any atom is -0.489 e. The van der Waals surface area contributed by atoms with Crippen molar-refractivity contribution in [3.63, 3.8) is 0 Å². The van der Waals surface area contributed by atoms with Gasteiger partial charge >= 0.3 is 5.97 Å². The first-order valence-corrected chi connectivity index (χ1v) is 12.9. The number of piperidine rings is 1. The lowest BCUT2D eigenvalue weighted by Crippen LogP contribution is -2.34. The van der Waals surface area contributed by atoms with Crippen molar-refractivity contribution in [2.75, 3.05) is 18.0 Å². The number of pyridine rings is 1. The van der Waals surface area contributed by atoms with Crippen molar-refractivity contribution in [3.05, 3.63) is 77.0 Å². The molecule has 35 heavy (non-hydrogen) atoms. The number of hydrogen-bond donors (Lipinski definition) is 2. The van der Waals surface area contributed by atoms with Crippen LogP contribution in [0.2, 0.25) is 0 Å². The third kappa shape index (κ3) is 5.32. The summed E-state index contributed by atoms with van der Waals surface area (Å²) in [6.07, 6.45) is 2.92. The molecular formula is C29H32N2O3S. The molecule has 2 aromatic carbocycles. The molecular weight excluding hydrogens is 456 g/mol. The summed E-state index contributed by atoms with van der Waals surface area (Å²) in [5.41, 5.74) is 6.60. The van der Waals surface area contributed by atoms with Crippen molar-refractivity contribution < 1.29 is 14.6 Å². The Balaban J connectivity index is 1.25. The van der Waals surface area contributed by atoms with Gasteiger partial charge in [-0.3, -0.25) is 4.79 Å². The zero-order valence-corrected chi connectivity index (χ0v) is 21.2. The van der Waals surface area contributed by atoms with E-state index in [1.165, 1.54) is 0 Å². The number of nitrogens with zero attached hydrogens (tertiary/aromatic N) is 2. The van der Waals surface area contributed by atoms with Crippen LogP contribution < -0.4 is 9.64 Å². The Hall–Kier alpha value is -2.99. The summed E-state index contributed by atoms with van der Waals surface area (Å²) in [7, 11) is 0. The molecule has 1 N–H and O–H groups in total. The summed E-state index contributed by atoms with van der Waals surface area (Å²) < 4.78 is 6.09. The highest BCUT2D eigenvalue weighted by atomic mass is 32.1. The number of carboxylic acids is 1. The predicted octanol–water partition coefficient (Wildman–Crippen LogP) is 6.03. The highest BCUT2D eigenvalue weighted by Gasteiger charge is 2.44. The molecule has 1 aliphatic heterocycles. The second-order valence-corrected chi connectivity index (χ2v) is 10.5. The highest BCUT2D eigenvalue weighted by molar-refractivity contribution is 7.80. The molecule has 1 aliphatic carbocycles. The third-order valence-corrected chi connectivity index (χ3v) is 7.77. The molecule has 2 fully saturated rings. The fourth-order valence-electron chi connectivity index (χ4n) is 5.08. The minimum atomic E-state index is -0.701. The van der Waals surface area contributed by atoms with Crippen molar-refractivity contribution >= 4 is 24.4 Å². The second-order valence-electron chi connectivity index (χ2n) is 9.82. The second kappa shape index (κ2) is 9.94. The van der Waals surface area contributed by atoms with E-state index in [1.54, 1.807) is 0 Å². The Morgan fingerprint density at radius 2 is 1.91 bits per heavy atom. The fraction of sp³-hybridized carbons (Fsp3) is 0.379. The van der Waals surface area contributed by atoms with Crippen molar-refractivity contribution in [2.45, 2.75) is 50.9 Å². The van der Waals surface area contributed by atoms with Gasteiger partial charge in [0.25, 0.3) is 0 Å².